The van der Waals surface area contributed by atoms with Crippen molar-refractivity contribution in [3.8, 4) is 10.7 Å². The van der Waals surface area contributed by atoms with E-state index in [1.165, 1.54) is 11.8 Å². The fourth-order valence-corrected chi connectivity index (χ4v) is 4.50. The number of benzene rings is 1. The predicted molar refractivity (Wildman–Crippen MR) is 117 cm³/mol. The Hall–Kier alpha value is -3.30. The smallest absolute Gasteiger partial charge is 0.262 e. The highest BCUT2D eigenvalue weighted by Gasteiger charge is 2.15. The van der Waals surface area contributed by atoms with Crippen LogP contribution in [0, 0.1) is 0 Å². The van der Waals surface area contributed by atoms with E-state index in [0.29, 0.717) is 40.1 Å². The SMILES string of the molecule is O=c1c2ccccc2nc(SCc2nc(-c3cccs3)no2)n1Cc1cccnc1. The molecule has 5 aromatic rings. The number of fused-ring (bicyclic) bond motifs is 1. The molecule has 0 radical (unpaired) electrons. The third kappa shape index (κ3) is 3.77. The van der Waals surface area contributed by atoms with Crippen LogP contribution in [0.3, 0.4) is 0 Å². The number of aromatic nitrogens is 5. The average molecular weight is 434 g/mol. The molecular formula is C21H15N5O2S2. The Kier molecular flexibility index (Phi) is 5.12. The second kappa shape index (κ2) is 8.21. The first-order valence-electron chi connectivity index (χ1n) is 9.16. The van der Waals surface area contributed by atoms with Gasteiger partial charge in [-0.25, -0.2) is 4.98 Å². The quantitative estimate of drug-likeness (QED) is 0.292. The Balaban J connectivity index is 1.48. The van der Waals surface area contributed by atoms with Gasteiger partial charge in [-0.2, -0.15) is 4.98 Å². The lowest BCUT2D eigenvalue weighted by Gasteiger charge is -2.12. The van der Waals surface area contributed by atoms with Crippen LogP contribution >= 0.6 is 23.1 Å². The van der Waals surface area contributed by atoms with Crippen LogP contribution in [0.1, 0.15) is 11.5 Å². The highest BCUT2D eigenvalue weighted by molar-refractivity contribution is 7.98. The molecule has 0 aliphatic carbocycles. The lowest BCUT2D eigenvalue weighted by molar-refractivity contribution is 0.391. The molecule has 0 aliphatic heterocycles. The van der Waals surface area contributed by atoms with Gasteiger partial charge in [0.25, 0.3) is 5.56 Å². The van der Waals surface area contributed by atoms with Gasteiger partial charge in [-0.05, 0) is 35.2 Å². The first-order valence-corrected chi connectivity index (χ1v) is 11.0. The number of hydrogen-bond acceptors (Lipinski definition) is 8. The lowest BCUT2D eigenvalue weighted by atomic mass is 10.2. The van der Waals surface area contributed by atoms with Crippen molar-refractivity contribution in [2.75, 3.05) is 0 Å². The molecule has 0 N–H and O–H groups in total. The number of pyridine rings is 1. The van der Waals surface area contributed by atoms with Gasteiger partial charge in [0.15, 0.2) is 5.16 Å². The molecule has 0 bridgehead atoms. The van der Waals surface area contributed by atoms with Crippen molar-refractivity contribution < 1.29 is 4.52 Å². The molecule has 0 unspecified atom stereocenters. The molecular weight excluding hydrogens is 418 g/mol. The topological polar surface area (TPSA) is 86.7 Å². The standard InChI is InChI=1S/C21H15N5O2S2/c27-20-15-6-1-2-7-16(15)23-21(26(20)12-14-5-3-9-22-11-14)30-13-18-24-19(25-28-18)17-8-4-10-29-17/h1-11H,12-13H2. The average Bonchev–Trinajstić information content (AvgIpc) is 3.47. The molecule has 0 fully saturated rings. The van der Waals surface area contributed by atoms with Crippen LogP contribution < -0.4 is 5.56 Å². The highest BCUT2D eigenvalue weighted by atomic mass is 32.2. The third-order valence-electron chi connectivity index (χ3n) is 4.42. The summed E-state index contributed by atoms with van der Waals surface area (Å²) in [4.78, 5) is 27.4. The van der Waals surface area contributed by atoms with Crippen LogP contribution in [-0.2, 0) is 12.3 Å². The van der Waals surface area contributed by atoms with Crippen LogP contribution in [0.25, 0.3) is 21.6 Å². The molecule has 0 spiro atoms. The molecule has 0 atom stereocenters. The van der Waals surface area contributed by atoms with Crippen molar-refractivity contribution in [2.45, 2.75) is 17.5 Å². The molecule has 9 heteroatoms. The molecule has 5 rings (SSSR count). The maximum Gasteiger partial charge on any atom is 0.262 e. The summed E-state index contributed by atoms with van der Waals surface area (Å²) < 4.78 is 7.05. The fourth-order valence-electron chi connectivity index (χ4n) is 3.02. The van der Waals surface area contributed by atoms with Crippen molar-refractivity contribution in [3.63, 3.8) is 0 Å². The number of rotatable bonds is 6. The van der Waals surface area contributed by atoms with Gasteiger partial charge in [0.1, 0.15) is 0 Å². The third-order valence-corrected chi connectivity index (χ3v) is 6.25. The maximum atomic E-state index is 13.2. The number of nitrogens with zero attached hydrogens (tertiary/aromatic N) is 5. The lowest BCUT2D eigenvalue weighted by Crippen LogP contribution is -2.24. The molecule has 1 aromatic carbocycles. The van der Waals surface area contributed by atoms with Crippen molar-refractivity contribution >= 4 is 34.0 Å². The Labute approximate surface area is 179 Å². The van der Waals surface area contributed by atoms with E-state index in [2.05, 4.69) is 15.1 Å². The summed E-state index contributed by atoms with van der Waals surface area (Å²) in [5.74, 6) is 1.47. The van der Waals surface area contributed by atoms with Crippen LogP contribution in [-0.4, -0.2) is 24.7 Å². The van der Waals surface area contributed by atoms with Gasteiger partial charge in [0, 0.05) is 12.4 Å². The van der Waals surface area contributed by atoms with Gasteiger partial charge in [0.05, 0.1) is 28.1 Å². The number of hydrogen-bond donors (Lipinski definition) is 0. The minimum atomic E-state index is -0.0863. The number of thiophene rings is 1. The zero-order valence-electron chi connectivity index (χ0n) is 15.6. The zero-order valence-corrected chi connectivity index (χ0v) is 17.3. The summed E-state index contributed by atoms with van der Waals surface area (Å²) in [7, 11) is 0. The molecule has 30 heavy (non-hydrogen) atoms. The summed E-state index contributed by atoms with van der Waals surface area (Å²) in [5.41, 5.74) is 1.50. The van der Waals surface area contributed by atoms with Crippen LogP contribution in [0.15, 0.2) is 80.8 Å². The molecule has 0 saturated heterocycles. The monoisotopic (exact) mass is 433 g/mol. The second-order valence-electron chi connectivity index (χ2n) is 6.44. The number of thioether (sulfide) groups is 1. The first-order chi connectivity index (χ1) is 14.8. The summed E-state index contributed by atoms with van der Waals surface area (Å²) >= 11 is 2.95. The van der Waals surface area contributed by atoms with Gasteiger partial charge in [-0.3, -0.25) is 14.3 Å². The summed E-state index contributed by atoms with van der Waals surface area (Å²) in [5, 5.41) is 7.19. The van der Waals surface area contributed by atoms with E-state index in [1.807, 2.05) is 47.8 Å². The van der Waals surface area contributed by atoms with Gasteiger partial charge in [-0.1, -0.05) is 41.2 Å². The molecule has 148 valence electrons. The predicted octanol–water partition coefficient (Wildman–Crippen LogP) is 4.24. The summed E-state index contributed by atoms with van der Waals surface area (Å²) in [6.07, 6.45) is 3.46. The Morgan fingerprint density at radius 3 is 2.83 bits per heavy atom. The highest BCUT2D eigenvalue weighted by Crippen LogP contribution is 2.25. The summed E-state index contributed by atoms with van der Waals surface area (Å²) in [6, 6.07) is 15.0. The fraction of sp³-hybridized carbons (Fsp3) is 0.0952. The van der Waals surface area contributed by atoms with E-state index in [9.17, 15) is 4.79 Å². The zero-order chi connectivity index (χ0) is 20.3. The Morgan fingerprint density at radius 1 is 1.07 bits per heavy atom. The minimum absolute atomic E-state index is 0.0863. The van der Waals surface area contributed by atoms with Crippen molar-refractivity contribution in [3.05, 3.63) is 88.1 Å². The largest absolute Gasteiger partial charge is 0.338 e. The first kappa shape index (κ1) is 18.7. The van der Waals surface area contributed by atoms with Crippen LogP contribution in [0.5, 0.6) is 0 Å². The van der Waals surface area contributed by atoms with E-state index in [4.69, 9.17) is 9.51 Å². The Bertz CT molecular complexity index is 1350. The molecule has 4 aromatic heterocycles. The number of para-hydroxylation sites is 1. The minimum Gasteiger partial charge on any atom is -0.338 e. The van der Waals surface area contributed by atoms with E-state index in [-0.39, 0.29) is 5.56 Å². The van der Waals surface area contributed by atoms with Gasteiger partial charge in [0.2, 0.25) is 11.7 Å². The van der Waals surface area contributed by atoms with E-state index in [1.54, 1.807) is 34.4 Å². The normalized spacial score (nSPS) is 11.2. The molecule has 0 saturated carbocycles. The molecule has 0 aliphatic rings. The van der Waals surface area contributed by atoms with Crippen LogP contribution in [0.2, 0.25) is 0 Å². The Morgan fingerprint density at radius 2 is 2.00 bits per heavy atom. The van der Waals surface area contributed by atoms with Gasteiger partial charge >= 0.3 is 0 Å². The molecule has 7 nitrogen and oxygen atoms in total. The van der Waals surface area contributed by atoms with E-state index >= 15 is 0 Å². The summed E-state index contributed by atoms with van der Waals surface area (Å²) in [6.45, 7) is 0.386. The maximum absolute atomic E-state index is 13.2. The van der Waals surface area contributed by atoms with Crippen molar-refractivity contribution in [1.82, 2.24) is 24.7 Å². The van der Waals surface area contributed by atoms with E-state index in [0.717, 1.165) is 10.4 Å². The van der Waals surface area contributed by atoms with Crippen molar-refractivity contribution in [2.24, 2.45) is 0 Å². The van der Waals surface area contributed by atoms with Gasteiger partial charge in [-0.15, -0.1) is 11.3 Å². The molecule has 0 amide bonds. The van der Waals surface area contributed by atoms with E-state index < -0.39 is 0 Å². The van der Waals surface area contributed by atoms with Crippen LogP contribution in [0.4, 0.5) is 0 Å². The molecule has 4 heterocycles. The van der Waals surface area contributed by atoms with Crippen molar-refractivity contribution in [1.29, 1.82) is 0 Å². The van der Waals surface area contributed by atoms with Gasteiger partial charge < -0.3 is 4.52 Å². The second-order valence-corrected chi connectivity index (χ2v) is 8.33.